The number of anilines is 1. The smallest absolute Gasteiger partial charge is 0.0654 e. The molecule has 0 aliphatic heterocycles. The van der Waals surface area contributed by atoms with Gasteiger partial charge in [-0.1, -0.05) is 0 Å². The third-order valence-corrected chi connectivity index (χ3v) is 1.51. The van der Waals surface area contributed by atoms with E-state index in [-0.39, 0.29) is 17.1 Å². The number of hydrogen-bond donors (Lipinski definition) is 0. The molecule has 0 fully saturated rings. The SMILES string of the molecule is CCOCl.CN(C)c1ccncc1.[Cu]. The van der Waals surface area contributed by atoms with E-state index in [2.05, 4.69) is 21.1 Å². The molecule has 5 heteroatoms. The van der Waals surface area contributed by atoms with Crippen molar-refractivity contribution in [3.63, 3.8) is 0 Å². The maximum atomic E-state index is 4.69. The zero-order chi connectivity index (χ0) is 10.1. The Morgan fingerprint density at radius 1 is 1.36 bits per heavy atom. The van der Waals surface area contributed by atoms with Gasteiger partial charge in [-0.3, -0.25) is 9.27 Å². The van der Waals surface area contributed by atoms with Crippen molar-refractivity contribution >= 4 is 17.6 Å². The summed E-state index contributed by atoms with van der Waals surface area (Å²) in [5.41, 5.74) is 1.19. The summed E-state index contributed by atoms with van der Waals surface area (Å²) in [5, 5.41) is 0. The van der Waals surface area contributed by atoms with E-state index in [0.717, 1.165) is 0 Å². The molecule has 0 atom stereocenters. The zero-order valence-corrected chi connectivity index (χ0v) is 10.2. The van der Waals surface area contributed by atoms with Crippen LogP contribution in [0.5, 0.6) is 0 Å². The number of hydrogen-bond acceptors (Lipinski definition) is 3. The van der Waals surface area contributed by atoms with Crippen molar-refractivity contribution in [1.29, 1.82) is 0 Å². The molecule has 0 N–H and O–H groups in total. The molecule has 0 saturated heterocycles. The van der Waals surface area contributed by atoms with Crippen LogP contribution in [-0.2, 0) is 21.4 Å². The van der Waals surface area contributed by atoms with Crippen LogP contribution in [0.4, 0.5) is 5.69 Å². The third kappa shape index (κ3) is 8.32. The fourth-order valence-electron chi connectivity index (χ4n) is 0.642. The minimum atomic E-state index is 0. The first-order valence-electron chi connectivity index (χ1n) is 4.03. The van der Waals surface area contributed by atoms with E-state index in [9.17, 15) is 0 Å². The Bertz CT molecular complexity index is 207. The molecular weight excluding hydrogens is 251 g/mol. The summed E-state index contributed by atoms with van der Waals surface area (Å²) < 4.78 is 4.01. The minimum Gasteiger partial charge on any atom is -0.378 e. The van der Waals surface area contributed by atoms with Crippen LogP contribution in [0.1, 0.15) is 6.92 Å². The van der Waals surface area contributed by atoms with Crippen molar-refractivity contribution < 1.29 is 21.4 Å². The maximum Gasteiger partial charge on any atom is 0.0654 e. The number of pyridine rings is 1. The summed E-state index contributed by atoms with van der Waals surface area (Å²) in [4.78, 5) is 5.94. The number of nitrogens with zero attached hydrogens (tertiary/aromatic N) is 2. The standard InChI is InChI=1S/C7H10N2.C2H5ClO.Cu/c1-9(2)7-3-5-8-6-4-7;1-2-4-3;/h3-6H,1-2H3;2H2,1H3;. The first-order chi connectivity index (χ1) is 6.22. The van der Waals surface area contributed by atoms with Gasteiger partial charge in [0.1, 0.15) is 0 Å². The van der Waals surface area contributed by atoms with Crippen molar-refractivity contribution in [2.45, 2.75) is 6.92 Å². The fourth-order valence-corrected chi connectivity index (χ4v) is 0.642. The average molecular weight is 266 g/mol. The Morgan fingerprint density at radius 2 is 1.79 bits per heavy atom. The second-order valence-electron chi connectivity index (χ2n) is 2.50. The number of aromatic nitrogens is 1. The van der Waals surface area contributed by atoms with E-state index in [1.807, 2.05) is 38.1 Å². The summed E-state index contributed by atoms with van der Waals surface area (Å²) in [7, 11) is 4.02. The summed E-state index contributed by atoms with van der Waals surface area (Å²) in [6.45, 7) is 2.41. The topological polar surface area (TPSA) is 25.4 Å². The van der Waals surface area contributed by atoms with E-state index in [1.54, 1.807) is 12.4 Å². The quantitative estimate of drug-likeness (QED) is 0.768. The monoisotopic (exact) mass is 265 g/mol. The maximum absolute atomic E-state index is 4.69. The van der Waals surface area contributed by atoms with Crippen LogP contribution in [0.15, 0.2) is 24.5 Å². The zero-order valence-electron chi connectivity index (χ0n) is 8.50. The van der Waals surface area contributed by atoms with Gasteiger partial charge in [0, 0.05) is 49.2 Å². The normalized spacial score (nSPS) is 8.00. The molecule has 1 heterocycles. The van der Waals surface area contributed by atoms with Gasteiger partial charge in [-0.05, 0) is 19.1 Å². The van der Waals surface area contributed by atoms with Gasteiger partial charge in [0.15, 0.2) is 0 Å². The molecule has 0 aliphatic carbocycles. The third-order valence-electron chi connectivity index (χ3n) is 1.29. The molecule has 0 amide bonds. The second kappa shape index (κ2) is 10.8. The van der Waals surface area contributed by atoms with Crippen LogP contribution < -0.4 is 4.90 Å². The average Bonchev–Trinajstić information content (AvgIpc) is 2.19. The number of halogens is 1. The molecule has 1 aromatic rings. The molecule has 85 valence electrons. The van der Waals surface area contributed by atoms with Crippen molar-refractivity contribution in [2.24, 2.45) is 0 Å². The molecule has 1 radical (unpaired) electrons. The van der Waals surface area contributed by atoms with Crippen LogP contribution in [0.2, 0.25) is 0 Å². The Balaban J connectivity index is 0. The van der Waals surface area contributed by atoms with E-state index in [1.165, 1.54) is 5.69 Å². The molecule has 0 aromatic carbocycles. The van der Waals surface area contributed by atoms with Crippen molar-refractivity contribution in [1.82, 2.24) is 4.98 Å². The fraction of sp³-hybridized carbons (Fsp3) is 0.444. The van der Waals surface area contributed by atoms with Crippen LogP contribution >= 0.6 is 11.9 Å². The number of rotatable bonds is 2. The molecule has 1 aromatic heterocycles. The predicted octanol–water partition coefficient (Wildman–Crippen LogP) is 2.32. The second-order valence-corrected chi connectivity index (χ2v) is 2.72. The molecule has 3 nitrogen and oxygen atoms in total. The molecule has 0 spiro atoms. The molecule has 0 saturated carbocycles. The van der Waals surface area contributed by atoms with Gasteiger partial charge in [-0.2, -0.15) is 0 Å². The van der Waals surface area contributed by atoms with Crippen molar-refractivity contribution in [3.05, 3.63) is 24.5 Å². The summed E-state index contributed by atoms with van der Waals surface area (Å²) in [6, 6.07) is 3.94. The van der Waals surface area contributed by atoms with Gasteiger partial charge < -0.3 is 4.90 Å². The Morgan fingerprint density at radius 3 is 2.00 bits per heavy atom. The van der Waals surface area contributed by atoms with E-state index >= 15 is 0 Å². The summed E-state index contributed by atoms with van der Waals surface area (Å²) in [5.74, 6) is 0. The largest absolute Gasteiger partial charge is 0.378 e. The van der Waals surface area contributed by atoms with Crippen molar-refractivity contribution in [2.75, 3.05) is 25.6 Å². The predicted molar refractivity (Wildman–Crippen MR) is 56.0 cm³/mol. The molecular formula is C9H15ClCuN2O. The van der Waals surface area contributed by atoms with Gasteiger partial charge in [0.2, 0.25) is 0 Å². The molecule has 0 aliphatic rings. The Hall–Kier alpha value is -0.281. The molecule has 0 bridgehead atoms. The minimum absolute atomic E-state index is 0. The van der Waals surface area contributed by atoms with Gasteiger partial charge in [-0.25, -0.2) is 0 Å². The van der Waals surface area contributed by atoms with Crippen LogP contribution in [0.25, 0.3) is 0 Å². The van der Waals surface area contributed by atoms with Gasteiger partial charge in [0.25, 0.3) is 0 Å². The molecule has 0 unspecified atom stereocenters. The molecule has 1 rings (SSSR count). The van der Waals surface area contributed by atoms with E-state index < -0.39 is 0 Å². The first kappa shape index (κ1) is 16.2. The van der Waals surface area contributed by atoms with Crippen LogP contribution in [-0.4, -0.2) is 25.7 Å². The first-order valence-corrected chi connectivity index (χ1v) is 4.34. The van der Waals surface area contributed by atoms with Gasteiger partial charge in [-0.15, -0.1) is 0 Å². The summed E-state index contributed by atoms with van der Waals surface area (Å²) >= 11 is 4.69. The van der Waals surface area contributed by atoms with E-state index in [4.69, 9.17) is 0 Å². The Labute approximate surface area is 101 Å². The van der Waals surface area contributed by atoms with Crippen LogP contribution in [0.3, 0.4) is 0 Å². The van der Waals surface area contributed by atoms with E-state index in [0.29, 0.717) is 6.61 Å². The van der Waals surface area contributed by atoms with Gasteiger partial charge >= 0.3 is 0 Å². The molecule has 14 heavy (non-hydrogen) atoms. The van der Waals surface area contributed by atoms with Crippen LogP contribution in [0, 0.1) is 0 Å². The van der Waals surface area contributed by atoms with Crippen molar-refractivity contribution in [3.8, 4) is 0 Å². The van der Waals surface area contributed by atoms with Gasteiger partial charge in [0.05, 0.1) is 18.5 Å². The summed E-state index contributed by atoms with van der Waals surface area (Å²) in [6.07, 6.45) is 3.57. The Kier molecular flexibility index (Phi) is 12.5.